The Morgan fingerprint density at radius 2 is 1.85 bits per heavy atom. The maximum atomic E-state index is 13.5. The van der Waals surface area contributed by atoms with Gasteiger partial charge in [-0.05, 0) is 52.3 Å². The van der Waals surface area contributed by atoms with Crippen LogP contribution in [0, 0.1) is 5.82 Å². The standard InChI is InChI=1S/C16H26FNO2/c1-12(2)19-6-7-20-15-9-13(8-14(17)10-15)11-18-16(3,4)5/h8-10,12,18H,6-7,11H2,1-5H3. The Morgan fingerprint density at radius 3 is 2.45 bits per heavy atom. The van der Waals surface area contributed by atoms with Gasteiger partial charge in [-0.2, -0.15) is 0 Å². The van der Waals surface area contributed by atoms with Gasteiger partial charge in [-0.15, -0.1) is 0 Å². The molecule has 0 amide bonds. The van der Waals surface area contributed by atoms with Crippen molar-refractivity contribution in [1.82, 2.24) is 5.32 Å². The lowest BCUT2D eigenvalue weighted by Crippen LogP contribution is -2.35. The Bertz CT molecular complexity index is 413. The summed E-state index contributed by atoms with van der Waals surface area (Å²) in [4.78, 5) is 0. The fraction of sp³-hybridized carbons (Fsp3) is 0.625. The van der Waals surface area contributed by atoms with Gasteiger partial charge in [0.2, 0.25) is 0 Å². The Morgan fingerprint density at radius 1 is 1.15 bits per heavy atom. The molecule has 0 aliphatic carbocycles. The summed E-state index contributed by atoms with van der Waals surface area (Å²) in [5, 5.41) is 3.33. The van der Waals surface area contributed by atoms with Crippen LogP contribution in [-0.2, 0) is 11.3 Å². The predicted octanol–water partition coefficient (Wildman–Crippen LogP) is 3.52. The molecule has 0 fully saturated rings. The summed E-state index contributed by atoms with van der Waals surface area (Å²) < 4.78 is 24.4. The minimum atomic E-state index is -0.280. The number of hydrogen-bond donors (Lipinski definition) is 1. The summed E-state index contributed by atoms with van der Waals surface area (Å²) in [6.07, 6.45) is 0.178. The molecule has 114 valence electrons. The molecule has 1 aromatic rings. The molecule has 0 saturated heterocycles. The third-order valence-corrected chi connectivity index (χ3v) is 2.56. The van der Waals surface area contributed by atoms with Crippen molar-refractivity contribution in [3.05, 3.63) is 29.6 Å². The van der Waals surface area contributed by atoms with Crippen molar-refractivity contribution in [3.63, 3.8) is 0 Å². The topological polar surface area (TPSA) is 30.5 Å². The normalized spacial score (nSPS) is 11.9. The van der Waals surface area contributed by atoms with Gasteiger partial charge in [0.05, 0.1) is 12.7 Å². The van der Waals surface area contributed by atoms with Crippen LogP contribution in [0.1, 0.15) is 40.2 Å². The molecule has 1 N–H and O–H groups in total. The fourth-order valence-corrected chi connectivity index (χ4v) is 1.62. The molecule has 0 aromatic heterocycles. The van der Waals surface area contributed by atoms with Crippen LogP contribution in [0.3, 0.4) is 0 Å². The van der Waals surface area contributed by atoms with Crippen LogP contribution < -0.4 is 10.1 Å². The van der Waals surface area contributed by atoms with Crippen LogP contribution >= 0.6 is 0 Å². The van der Waals surface area contributed by atoms with Crippen LogP contribution in [-0.4, -0.2) is 24.9 Å². The lowest BCUT2D eigenvalue weighted by Gasteiger charge is -2.20. The van der Waals surface area contributed by atoms with Crippen molar-refractivity contribution < 1.29 is 13.9 Å². The third kappa shape index (κ3) is 7.46. The van der Waals surface area contributed by atoms with Crippen molar-refractivity contribution in [3.8, 4) is 5.75 Å². The minimum absolute atomic E-state index is 0.00155. The van der Waals surface area contributed by atoms with E-state index in [0.717, 1.165) is 5.56 Å². The van der Waals surface area contributed by atoms with Crippen LogP contribution in [0.5, 0.6) is 5.75 Å². The van der Waals surface area contributed by atoms with E-state index in [-0.39, 0.29) is 17.5 Å². The van der Waals surface area contributed by atoms with E-state index in [1.807, 2.05) is 19.9 Å². The van der Waals surface area contributed by atoms with Gasteiger partial charge in [0, 0.05) is 18.2 Å². The molecular weight excluding hydrogens is 257 g/mol. The highest BCUT2D eigenvalue weighted by Gasteiger charge is 2.09. The molecule has 1 aromatic carbocycles. The van der Waals surface area contributed by atoms with E-state index in [1.54, 1.807) is 0 Å². The number of halogens is 1. The van der Waals surface area contributed by atoms with Gasteiger partial charge in [0.15, 0.2) is 0 Å². The second kappa shape index (κ2) is 7.60. The smallest absolute Gasteiger partial charge is 0.127 e. The zero-order valence-electron chi connectivity index (χ0n) is 13.1. The first-order valence-electron chi connectivity index (χ1n) is 7.05. The summed E-state index contributed by atoms with van der Waals surface area (Å²) >= 11 is 0. The van der Waals surface area contributed by atoms with E-state index in [4.69, 9.17) is 9.47 Å². The van der Waals surface area contributed by atoms with Crippen LogP contribution in [0.2, 0.25) is 0 Å². The Kier molecular flexibility index (Phi) is 6.43. The van der Waals surface area contributed by atoms with Gasteiger partial charge in [0.25, 0.3) is 0 Å². The molecule has 4 heteroatoms. The zero-order valence-corrected chi connectivity index (χ0v) is 13.1. The maximum Gasteiger partial charge on any atom is 0.127 e. The Balaban J connectivity index is 2.53. The Hall–Kier alpha value is -1.13. The number of benzene rings is 1. The van der Waals surface area contributed by atoms with Gasteiger partial charge in [-0.1, -0.05) is 0 Å². The summed E-state index contributed by atoms with van der Waals surface area (Å²) in [6, 6.07) is 4.78. The van der Waals surface area contributed by atoms with Crippen molar-refractivity contribution in [2.75, 3.05) is 13.2 Å². The van der Waals surface area contributed by atoms with E-state index in [2.05, 4.69) is 26.1 Å². The highest BCUT2D eigenvalue weighted by atomic mass is 19.1. The highest BCUT2D eigenvalue weighted by Crippen LogP contribution is 2.17. The molecule has 0 atom stereocenters. The molecule has 0 unspecified atom stereocenters. The second-order valence-electron chi connectivity index (χ2n) is 6.17. The summed E-state index contributed by atoms with van der Waals surface area (Å²) in [6.45, 7) is 11.7. The van der Waals surface area contributed by atoms with Gasteiger partial charge in [0.1, 0.15) is 18.2 Å². The first-order valence-corrected chi connectivity index (χ1v) is 7.05. The number of ether oxygens (including phenoxy) is 2. The quantitative estimate of drug-likeness (QED) is 0.777. The third-order valence-electron chi connectivity index (χ3n) is 2.56. The molecule has 0 bridgehead atoms. The van der Waals surface area contributed by atoms with Crippen molar-refractivity contribution in [2.24, 2.45) is 0 Å². The predicted molar refractivity (Wildman–Crippen MR) is 79.6 cm³/mol. The van der Waals surface area contributed by atoms with Crippen LogP contribution in [0.25, 0.3) is 0 Å². The van der Waals surface area contributed by atoms with Crippen LogP contribution in [0.4, 0.5) is 4.39 Å². The molecule has 3 nitrogen and oxygen atoms in total. The van der Waals surface area contributed by atoms with Crippen LogP contribution in [0.15, 0.2) is 18.2 Å². The largest absolute Gasteiger partial charge is 0.491 e. The molecule has 0 saturated carbocycles. The molecule has 0 radical (unpaired) electrons. The SMILES string of the molecule is CC(C)OCCOc1cc(F)cc(CNC(C)(C)C)c1. The lowest BCUT2D eigenvalue weighted by atomic mass is 10.1. The molecule has 20 heavy (non-hydrogen) atoms. The Labute approximate surface area is 121 Å². The maximum absolute atomic E-state index is 13.5. The second-order valence-corrected chi connectivity index (χ2v) is 6.17. The van der Waals surface area contributed by atoms with Gasteiger partial charge in [-0.3, -0.25) is 0 Å². The fourth-order valence-electron chi connectivity index (χ4n) is 1.62. The molecule has 0 aliphatic heterocycles. The van der Waals surface area contributed by atoms with E-state index in [1.165, 1.54) is 12.1 Å². The van der Waals surface area contributed by atoms with E-state index in [9.17, 15) is 4.39 Å². The zero-order chi connectivity index (χ0) is 15.2. The first kappa shape index (κ1) is 16.9. The van der Waals surface area contributed by atoms with Crippen molar-refractivity contribution in [1.29, 1.82) is 0 Å². The summed E-state index contributed by atoms with van der Waals surface area (Å²) in [7, 11) is 0. The average Bonchev–Trinajstić information content (AvgIpc) is 2.30. The van der Waals surface area contributed by atoms with E-state index in [0.29, 0.717) is 25.5 Å². The minimum Gasteiger partial charge on any atom is -0.491 e. The average molecular weight is 283 g/mol. The number of hydrogen-bond acceptors (Lipinski definition) is 3. The summed E-state index contributed by atoms with van der Waals surface area (Å²) in [5.41, 5.74) is 0.873. The van der Waals surface area contributed by atoms with E-state index < -0.39 is 0 Å². The van der Waals surface area contributed by atoms with Gasteiger partial charge >= 0.3 is 0 Å². The highest BCUT2D eigenvalue weighted by molar-refractivity contribution is 5.29. The van der Waals surface area contributed by atoms with Crippen molar-refractivity contribution in [2.45, 2.75) is 52.8 Å². The molecule has 1 rings (SSSR count). The monoisotopic (exact) mass is 283 g/mol. The summed E-state index contributed by atoms with van der Waals surface area (Å²) in [5.74, 6) is 0.265. The number of rotatable bonds is 7. The van der Waals surface area contributed by atoms with Crippen molar-refractivity contribution >= 4 is 0 Å². The van der Waals surface area contributed by atoms with Gasteiger partial charge in [-0.25, -0.2) is 4.39 Å². The van der Waals surface area contributed by atoms with Gasteiger partial charge < -0.3 is 14.8 Å². The molecule has 0 aliphatic rings. The molecule has 0 heterocycles. The first-order chi connectivity index (χ1) is 9.26. The molecular formula is C16H26FNO2. The lowest BCUT2D eigenvalue weighted by molar-refractivity contribution is 0.0552. The number of nitrogens with one attached hydrogen (secondary N) is 1. The molecule has 0 spiro atoms. The van der Waals surface area contributed by atoms with E-state index >= 15 is 0 Å².